The first kappa shape index (κ1) is 24.0. The van der Waals surface area contributed by atoms with E-state index in [9.17, 15) is 19.5 Å². The molecule has 1 aliphatic carbocycles. The van der Waals surface area contributed by atoms with Gasteiger partial charge in [-0.2, -0.15) is 0 Å². The highest BCUT2D eigenvalue weighted by Gasteiger charge is 2.29. The zero-order valence-corrected chi connectivity index (χ0v) is 19.7. The number of benzene rings is 2. The first-order valence-electron chi connectivity index (χ1n) is 11.2. The second-order valence-corrected chi connectivity index (χ2v) is 9.32. The number of nitrogens with zero attached hydrogens (tertiary/aromatic N) is 2. The van der Waals surface area contributed by atoms with Gasteiger partial charge in [0.1, 0.15) is 24.6 Å². The lowest BCUT2D eigenvalue weighted by Crippen LogP contribution is -2.44. The van der Waals surface area contributed by atoms with Gasteiger partial charge in [0.15, 0.2) is 0 Å². The highest BCUT2D eigenvalue weighted by molar-refractivity contribution is 5.81. The lowest BCUT2D eigenvalue weighted by Gasteiger charge is -2.21. The molecule has 3 aromatic rings. The molecule has 1 atom stereocenters. The molecule has 35 heavy (non-hydrogen) atoms. The molecule has 2 N–H and O–H groups in total. The van der Waals surface area contributed by atoms with E-state index < -0.39 is 29.8 Å². The Morgan fingerprint density at radius 2 is 1.66 bits per heavy atom. The first-order valence-corrected chi connectivity index (χ1v) is 11.2. The van der Waals surface area contributed by atoms with E-state index in [0.29, 0.717) is 5.69 Å². The third kappa shape index (κ3) is 5.51. The number of carboxylic acids is 1. The summed E-state index contributed by atoms with van der Waals surface area (Å²) in [7, 11) is 0. The van der Waals surface area contributed by atoms with Crippen molar-refractivity contribution >= 4 is 18.2 Å². The Morgan fingerprint density at radius 3 is 2.23 bits per heavy atom. The quantitative estimate of drug-likeness (QED) is 0.546. The molecule has 182 valence electrons. The topological polar surface area (TPSA) is 120 Å². The minimum atomic E-state index is -1.27. The second kappa shape index (κ2) is 9.61. The van der Waals surface area contributed by atoms with Gasteiger partial charge in [-0.1, -0.05) is 48.5 Å². The maximum Gasteiger partial charge on any atom is 0.419 e. The van der Waals surface area contributed by atoms with Crippen LogP contribution in [0.3, 0.4) is 0 Å². The number of rotatable bonds is 6. The van der Waals surface area contributed by atoms with Gasteiger partial charge in [-0.3, -0.25) is 0 Å². The summed E-state index contributed by atoms with van der Waals surface area (Å²) in [4.78, 5) is 40.4. The number of alkyl carbamates (subject to hydrolysis) is 1. The number of hydrogen-bond acceptors (Lipinski definition) is 6. The van der Waals surface area contributed by atoms with Gasteiger partial charge in [0.2, 0.25) is 0 Å². The summed E-state index contributed by atoms with van der Waals surface area (Å²) in [5.41, 5.74) is 4.01. The molecule has 1 heterocycles. The predicted octanol–water partition coefficient (Wildman–Crippen LogP) is 4.20. The number of ether oxygens (including phenoxy) is 2. The Hall–Kier alpha value is -4.14. The Balaban J connectivity index is 1.40. The van der Waals surface area contributed by atoms with Crippen LogP contribution in [-0.4, -0.2) is 51.1 Å². The molecule has 0 aliphatic heterocycles. The van der Waals surface area contributed by atoms with E-state index in [0.717, 1.165) is 26.8 Å². The number of carboxylic acid groups (broad SMARTS) is 1. The Labute approximate surface area is 202 Å². The monoisotopic (exact) mass is 477 g/mol. The average molecular weight is 478 g/mol. The van der Waals surface area contributed by atoms with Gasteiger partial charge in [0, 0.05) is 18.5 Å². The lowest BCUT2D eigenvalue weighted by molar-refractivity contribution is -0.139. The highest BCUT2D eigenvalue weighted by Crippen LogP contribution is 2.44. The van der Waals surface area contributed by atoms with E-state index in [1.165, 1.54) is 12.5 Å². The Bertz CT molecular complexity index is 1210. The van der Waals surface area contributed by atoms with E-state index >= 15 is 0 Å². The third-order valence-electron chi connectivity index (χ3n) is 5.59. The van der Waals surface area contributed by atoms with Gasteiger partial charge in [0.25, 0.3) is 0 Å². The van der Waals surface area contributed by atoms with E-state index in [1.54, 1.807) is 20.8 Å². The number of aliphatic carboxylic acids is 1. The zero-order chi connectivity index (χ0) is 25.2. The van der Waals surface area contributed by atoms with Crippen molar-refractivity contribution in [1.82, 2.24) is 14.9 Å². The molecular formula is C26H27N3O6. The molecule has 9 nitrogen and oxygen atoms in total. The van der Waals surface area contributed by atoms with Crippen molar-refractivity contribution in [3.05, 3.63) is 77.9 Å². The summed E-state index contributed by atoms with van der Waals surface area (Å²) in [5, 5.41) is 11.8. The van der Waals surface area contributed by atoms with Gasteiger partial charge in [-0.25, -0.2) is 23.9 Å². The Kier molecular flexibility index (Phi) is 6.59. The number of fused-ring (bicyclic) bond motifs is 3. The number of carbonyl (C=O) groups excluding carboxylic acids is 2. The smallest absolute Gasteiger partial charge is 0.419 e. The van der Waals surface area contributed by atoms with Crippen molar-refractivity contribution in [2.45, 2.75) is 44.8 Å². The fourth-order valence-corrected chi connectivity index (χ4v) is 4.10. The largest absolute Gasteiger partial charge is 0.480 e. The summed E-state index contributed by atoms with van der Waals surface area (Å²) in [6.07, 6.45) is 1.06. The molecule has 0 saturated carbocycles. The summed E-state index contributed by atoms with van der Waals surface area (Å²) in [5.74, 6) is -1.32. The fourth-order valence-electron chi connectivity index (χ4n) is 4.10. The van der Waals surface area contributed by atoms with E-state index in [2.05, 4.69) is 22.4 Å². The van der Waals surface area contributed by atoms with Crippen molar-refractivity contribution < 1.29 is 29.0 Å². The molecule has 9 heteroatoms. The van der Waals surface area contributed by atoms with Gasteiger partial charge >= 0.3 is 18.2 Å². The Morgan fingerprint density at radius 1 is 1.06 bits per heavy atom. The third-order valence-corrected chi connectivity index (χ3v) is 5.59. The lowest BCUT2D eigenvalue weighted by atomic mass is 9.98. The van der Waals surface area contributed by atoms with Crippen molar-refractivity contribution in [3.63, 3.8) is 0 Å². The van der Waals surface area contributed by atoms with E-state index in [-0.39, 0.29) is 18.9 Å². The standard InChI is InChI=1S/C26H27N3O6/c1-26(2,3)35-24(32)28-22(23(30)31)12-16-13-29(15-27-16)25(33)34-14-21-19-10-6-4-8-17(19)18-9-5-7-11-20(18)21/h4-11,13,15,21-22H,12,14H2,1-3H3,(H,28,32)(H,30,31)/t22-/m0/s1. The first-order chi connectivity index (χ1) is 16.6. The molecule has 0 fully saturated rings. The zero-order valence-electron chi connectivity index (χ0n) is 19.7. The predicted molar refractivity (Wildman–Crippen MR) is 127 cm³/mol. The molecule has 4 rings (SSSR count). The molecule has 1 aliphatic rings. The number of carbonyl (C=O) groups is 3. The number of amides is 1. The summed E-state index contributed by atoms with van der Waals surface area (Å²) in [6, 6.07) is 14.8. The fraction of sp³-hybridized carbons (Fsp3) is 0.308. The molecule has 1 aromatic heterocycles. The second-order valence-electron chi connectivity index (χ2n) is 9.32. The van der Waals surface area contributed by atoms with E-state index in [1.807, 2.05) is 36.4 Å². The van der Waals surface area contributed by atoms with Crippen molar-refractivity contribution in [1.29, 1.82) is 0 Å². The molecule has 0 spiro atoms. The van der Waals surface area contributed by atoms with Crippen LogP contribution in [0.4, 0.5) is 9.59 Å². The van der Waals surface area contributed by atoms with Crippen molar-refractivity contribution in [3.8, 4) is 11.1 Å². The molecule has 1 amide bonds. The molecular weight excluding hydrogens is 450 g/mol. The molecule has 0 bridgehead atoms. The molecule has 0 saturated heterocycles. The van der Waals surface area contributed by atoms with Crippen LogP contribution in [0.15, 0.2) is 61.1 Å². The van der Waals surface area contributed by atoms with Crippen LogP contribution >= 0.6 is 0 Å². The van der Waals surface area contributed by atoms with Crippen LogP contribution in [0.25, 0.3) is 11.1 Å². The minimum Gasteiger partial charge on any atom is -0.480 e. The van der Waals surface area contributed by atoms with Crippen LogP contribution in [0.1, 0.15) is 43.5 Å². The molecule has 0 radical (unpaired) electrons. The maximum atomic E-state index is 12.7. The van der Waals surface area contributed by atoms with Crippen molar-refractivity contribution in [2.75, 3.05) is 6.61 Å². The average Bonchev–Trinajstić information content (AvgIpc) is 3.39. The van der Waals surface area contributed by atoms with Gasteiger partial charge < -0.3 is 19.9 Å². The maximum absolute atomic E-state index is 12.7. The van der Waals surface area contributed by atoms with E-state index in [4.69, 9.17) is 9.47 Å². The van der Waals surface area contributed by atoms with Crippen LogP contribution in [0.2, 0.25) is 0 Å². The van der Waals surface area contributed by atoms with Crippen LogP contribution < -0.4 is 5.32 Å². The highest BCUT2D eigenvalue weighted by atomic mass is 16.6. The number of imidazole rings is 1. The normalized spacial score (nSPS) is 13.5. The van der Waals surface area contributed by atoms with Crippen LogP contribution in [0, 0.1) is 0 Å². The molecule has 2 aromatic carbocycles. The number of aromatic nitrogens is 2. The van der Waals surface area contributed by atoms with Crippen LogP contribution in [0.5, 0.6) is 0 Å². The minimum absolute atomic E-state index is 0.0799. The van der Waals surface area contributed by atoms with Gasteiger partial charge in [-0.15, -0.1) is 0 Å². The SMILES string of the molecule is CC(C)(C)OC(=O)N[C@@H](Cc1cn(C(=O)OCC2c3ccccc3-c3ccccc32)cn1)C(=O)O. The van der Waals surface area contributed by atoms with Crippen LogP contribution in [-0.2, 0) is 20.7 Å². The summed E-state index contributed by atoms with van der Waals surface area (Å²) in [6.45, 7) is 5.19. The summed E-state index contributed by atoms with van der Waals surface area (Å²) < 4.78 is 11.9. The molecule has 0 unspecified atom stereocenters. The number of hydrogen-bond donors (Lipinski definition) is 2. The number of nitrogens with one attached hydrogen (secondary N) is 1. The van der Waals surface area contributed by atoms with Crippen molar-refractivity contribution in [2.24, 2.45) is 0 Å². The van der Waals surface area contributed by atoms with Gasteiger partial charge in [-0.05, 0) is 43.0 Å². The summed E-state index contributed by atoms with van der Waals surface area (Å²) >= 11 is 0. The van der Waals surface area contributed by atoms with Gasteiger partial charge in [0.05, 0.1) is 5.69 Å².